The van der Waals surface area contributed by atoms with Crippen LogP contribution in [-0.4, -0.2) is 15.5 Å². The van der Waals surface area contributed by atoms with Crippen molar-refractivity contribution < 1.29 is 9.21 Å². The lowest BCUT2D eigenvalue weighted by Crippen LogP contribution is -2.17. The Balaban J connectivity index is 1.59. The number of carbonyl (C=O) groups is 1. The highest BCUT2D eigenvalue weighted by atomic mass is 32.1. The van der Waals surface area contributed by atoms with Gasteiger partial charge < -0.3 is 9.73 Å². The quantitative estimate of drug-likeness (QED) is 0.779. The molecule has 2 aromatic heterocycles. The molecule has 0 spiro atoms. The lowest BCUT2D eigenvalue weighted by Gasteiger charge is -2.03. The highest BCUT2D eigenvalue weighted by Crippen LogP contribution is 2.21. The van der Waals surface area contributed by atoms with Crippen LogP contribution in [0.3, 0.4) is 0 Å². The molecule has 23 heavy (non-hydrogen) atoms. The zero-order valence-corrected chi connectivity index (χ0v) is 13.8. The summed E-state index contributed by atoms with van der Waals surface area (Å²) < 4.78 is 6.72. The van der Waals surface area contributed by atoms with Gasteiger partial charge in [-0.2, -0.15) is 0 Å². The van der Waals surface area contributed by atoms with E-state index in [2.05, 4.69) is 10.3 Å². The van der Waals surface area contributed by atoms with Crippen LogP contribution in [0.1, 0.15) is 23.4 Å². The molecule has 1 aromatic carbocycles. The van der Waals surface area contributed by atoms with Crippen molar-refractivity contribution in [3.8, 4) is 0 Å². The minimum Gasteiger partial charge on any atom is -0.408 e. The van der Waals surface area contributed by atoms with E-state index in [1.54, 1.807) is 10.6 Å². The Hall–Kier alpha value is -2.41. The molecule has 0 saturated heterocycles. The second-order valence-electron chi connectivity index (χ2n) is 5.30. The SMILES string of the molecule is Cc1nc(NC(=O)CCCn2c(=O)oc3ccccc32)sc1C. The molecule has 0 radical (unpaired) electrons. The molecule has 0 aliphatic carbocycles. The molecule has 1 amide bonds. The van der Waals surface area contributed by atoms with Crippen LogP contribution in [0.25, 0.3) is 11.1 Å². The number of para-hydroxylation sites is 2. The van der Waals surface area contributed by atoms with Crippen molar-refractivity contribution in [2.45, 2.75) is 33.2 Å². The molecular formula is C16H17N3O3S. The van der Waals surface area contributed by atoms with Crippen LogP contribution in [0, 0.1) is 13.8 Å². The van der Waals surface area contributed by atoms with Gasteiger partial charge in [0, 0.05) is 17.8 Å². The van der Waals surface area contributed by atoms with E-state index in [0.717, 1.165) is 16.1 Å². The first-order valence-electron chi connectivity index (χ1n) is 7.37. The number of hydrogen-bond acceptors (Lipinski definition) is 5. The van der Waals surface area contributed by atoms with E-state index < -0.39 is 5.76 Å². The summed E-state index contributed by atoms with van der Waals surface area (Å²) in [5.74, 6) is -0.489. The van der Waals surface area contributed by atoms with Gasteiger partial charge in [-0.05, 0) is 32.4 Å². The van der Waals surface area contributed by atoms with E-state index in [9.17, 15) is 9.59 Å². The molecule has 2 heterocycles. The molecule has 0 bridgehead atoms. The highest BCUT2D eigenvalue weighted by Gasteiger charge is 2.10. The lowest BCUT2D eigenvalue weighted by atomic mass is 10.3. The summed E-state index contributed by atoms with van der Waals surface area (Å²) in [6.07, 6.45) is 0.877. The average Bonchev–Trinajstić information content (AvgIpc) is 2.99. The number of aryl methyl sites for hydroxylation is 3. The molecule has 3 aromatic rings. The fourth-order valence-corrected chi connectivity index (χ4v) is 3.16. The van der Waals surface area contributed by atoms with Crippen LogP contribution in [0.2, 0.25) is 0 Å². The van der Waals surface area contributed by atoms with Gasteiger partial charge in [-0.25, -0.2) is 9.78 Å². The Labute approximate surface area is 136 Å². The van der Waals surface area contributed by atoms with Crippen LogP contribution in [0.5, 0.6) is 0 Å². The standard InChI is InChI=1S/C16H17N3O3S/c1-10-11(2)23-15(17-10)18-14(20)8-5-9-19-12-6-3-4-7-13(12)22-16(19)21/h3-4,6-7H,5,8-9H2,1-2H3,(H,17,18,20). The maximum atomic E-state index is 12.0. The van der Waals surface area contributed by atoms with E-state index >= 15 is 0 Å². The van der Waals surface area contributed by atoms with Gasteiger partial charge in [-0.1, -0.05) is 12.1 Å². The van der Waals surface area contributed by atoms with Gasteiger partial charge in [0.2, 0.25) is 5.91 Å². The number of rotatable bonds is 5. The summed E-state index contributed by atoms with van der Waals surface area (Å²) in [5, 5.41) is 3.41. The van der Waals surface area contributed by atoms with Crippen molar-refractivity contribution in [3.05, 3.63) is 45.4 Å². The second kappa shape index (κ2) is 6.37. The van der Waals surface area contributed by atoms with Crippen molar-refractivity contribution in [3.63, 3.8) is 0 Å². The van der Waals surface area contributed by atoms with Crippen molar-refractivity contribution in [2.24, 2.45) is 0 Å². The smallest absolute Gasteiger partial charge is 0.408 e. The van der Waals surface area contributed by atoms with E-state index in [0.29, 0.717) is 30.1 Å². The fourth-order valence-electron chi connectivity index (χ4n) is 2.33. The third-order valence-corrected chi connectivity index (χ3v) is 4.62. The zero-order valence-electron chi connectivity index (χ0n) is 13.0. The molecule has 3 rings (SSSR count). The van der Waals surface area contributed by atoms with Gasteiger partial charge in [-0.3, -0.25) is 9.36 Å². The van der Waals surface area contributed by atoms with Gasteiger partial charge >= 0.3 is 5.76 Å². The first kappa shape index (κ1) is 15.5. The summed E-state index contributed by atoms with van der Waals surface area (Å²) in [6, 6.07) is 7.27. The molecule has 6 nitrogen and oxygen atoms in total. The number of carbonyl (C=O) groups excluding carboxylic acids is 1. The number of aromatic nitrogens is 2. The first-order chi connectivity index (χ1) is 11.0. The Morgan fingerprint density at radius 1 is 1.35 bits per heavy atom. The third-order valence-electron chi connectivity index (χ3n) is 3.63. The largest absolute Gasteiger partial charge is 0.419 e. The number of thiazole rings is 1. The molecule has 0 aliphatic heterocycles. The summed E-state index contributed by atoms with van der Waals surface area (Å²) in [6.45, 7) is 4.33. The van der Waals surface area contributed by atoms with Crippen LogP contribution in [0.4, 0.5) is 5.13 Å². The number of oxazole rings is 1. The minimum absolute atomic E-state index is 0.0976. The predicted molar refractivity (Wildman–Crippen MR) is 89.9 cm³/mol. The predicted octanol–water partition coefficient (Wildman–Crippen LogP) is 3.09. The van der Waals surface area contributed by atoms with Gasteiger partial charge in [0.25, 0.3) is 0 Å². The minimum atomic E-state index is -0.391. The van der Waals surface area contributed by atoms with Crippen molar-refractivity contribution in [1.29, 1.82) is 0 Å². The monoisotopic (exact) mass is 331 g/mol. The summed E-state index contributed by atoms with van der Waals surface area (Å²) in [4.78, 5) is 29.2. The number of amides is 1. The van der Waals surface area contributed by atoms with Crippen molar-refractivity contribution in [2.75, 3.05) is 5.32 Å². The van der Waals surface area contributed by atoms with Gasteiger partial charge in [0.05, 0.1) is 11.2 Å². The van der Waals surface area contributed by atoms with E-state index in [-0.39, 0.29) is 5.91 Å². The number of nitrogens with one attached hydrogen (secondary N) is 1. The number of benzene rings is 1. The first-order valence-corrected chi connectivity index (χ1v) is 8.18. The van der Waals surface area contributed by atoms with Gasteiger partial charge in [-0.15, -0.1) is 11.3 Å². The molecule has 7 heteroatoms. The van der Waals surface area contributed by atoms with Crippen LogP contribution in [0.15, 0.2) is 33.5 Å². The zero-order chi connectivity index (χ0) is 16.4. The normalized spacial score (nSPS) is 11.0. The number of nitrogens with zero attached hydrogens (tertiary/aromatic N) is 2. The Morgan fingerprint density at radius 3 is 2.87 bits per heavy atom. The summed E-state index contributed by atoms with van der Waals surface area (Å²) in [7, 11) is 0. The second-order valence-corrected chi connectivity index (χ2v) is 6.50. The highest BCUT2D eigenvalue weighted by molar-refractivity contribution is 7.15. The average molecular weight is 331 g/mol. The molecule has 0 unspecified atom stereocenters. The van der Waals surface area contributed by atoms with Crippen molar-refractivity contribution >= 4 is 33.5 Å². The topological polar surface area (TPSA) is 77.1 Å². The fraction of sp³-hybridized carbons (Fsp3) is 0.312. The molecular weight excluding hydrogens is 314 g/mol. The van der Waals surface area contributed by atoms with Crippen LogP contribution < -0.4 is 11.1 Å². The van der Waals surface area contributed by atoms with Crippen LogP contribution >= 0.6 is 11.3 Å². The Morgan fingerprint density at radius 2 is 2.13 bits per heavy atom. The van der Waals surface area contributed by atoms with Crippen LogP contribution in [-0.2, 0) is 11.3 Å². The van der Waals surface area contributed by atoms with E-state index in [4.69, 9.17) is 4.42 Å². The summed E-state index contributed by atoms with van der Waals surface area (Å²) >= 11 is 1.46. The third kappa shape index (κ3) is 3.34. The van der Waals surface area contributed by atoms with Gasteiger partial charge in [0.1, 0.15) is 0 Å². The summed E-state index contributed by atoms with van der Waals surface area (Å²) in [5.41, 5.74) is 2.25. The molecule has 120 valence electrons. The molecule has 1 N–H and O–H groups in total. The number of hydrogen-bond donors (Lipinski definition) is 1. The number of fused-ring (bicyclic) bond motifs is 1. The van der Waals surface area contributed by atoms with E-state index in [1.807, 2.05) is 32.0 Å². The number of anilines is 1. The van der Waals surface area contributed by atoms with Gasteiger partial charge in [0.15, 0.2) is 10.7 Å². The Kier molecular flexibility index (Phi) is 4.29. The molecule has 0 fully saturated rings. The maximum absolute atomic E-state index is 12.0. The van der Waals surface area contributed by atoms with Crippen molar-refractivity contribution in [1.82, 2.24) is 9.55 Å². The van der Waals surface area contributed by atoms with E-state index in [1.165, 1.54) is 11.3 Å². The molecule has 0 atom stereocenters. The lowest BCUT2D eigenvalue weighted by molar-refractivity contribution is -0.116. The molecule has 0 aliphatic rings. The Bertz CT molecular complexity index is 887. The molecule has 0 saturated carbocycles. The maximum Gasteiger partial charge on any atom is 0.419 e.